The molecule has 1 aromatic rings. The molecular formula is C16H18F5N5. The van der Waals surface area contributed by atoms with Crippen molar-refractivity contribution in [1.82, 2.24) is 0 Å². The van der Waals surface area contributed by atoms with E-state index < -0.39 is 23.3 Å². The van der Waals surface area contributed by atoms with Crippen molar-refractivity contribution >= 4 is 17.6 Å². The average molecular weight is 375 g/mol. The van der Waals surface area contributed by atoms with Crippen molar-refractivity contribution in [1.29, 1.82) is 0 Å². The molecule has 1 fully saturated rings. The number of hydrogen-bond donors (Lipinski definition) is 2. The van der Waals surface area contributed by atoms with Gasteiger partial charge in [0.25, 0.3) is 0 Å². The summed E-state index contributed by atoms with van der Waals surface area (Å²) in [6.07, 6.45) is -2.03. The monoisotopic (exact) mass is 375 g/mol. The summed E-state index contributed by atoms with van der Waals surface area (Å²) < 4.78 is 65.7. The minimum atomic E-state index is -5.70. The van der Waals surface area contributed by atoms with Gasteiger partial charge in [-0.2, -0.15) is 26.9 Å². The van der Waals surface area contributed by atoms with Gasteiger partial charge in [-0.15, -0.1) is 0 Å². The number of benzene rings is 1. The molecule has 26 heavy (non-hydrogen) atoms. The van der Waals surface area contributed by atoms with Crippen molar-refractivity contribution in [3.05, 3.63) is 29.8 Å². The number of aliphatic imine (C=N–C) groups is 2. The molecule has 0 radical (unpaired) electrons. The number of nitrogens with zero attached hydrogens (tertiary/aromatic N) is 3. The maximum atomic E-state index is 13.8. The van der Waals surface area contributed by atoms with Crippen LogP contribution in [0.2, 0.25) is 0 Å². The van der Waals surface area contributed by atoms with Crippen molar-refractivity contribution in [2.45, 2.75) is 49.9 Å². The molecule has 1 aliphatic heterocycles. The predicted molar refractivity (Wildman–Crippen MR) is 87.9 cm³/mol. The molecule has 4 N–H and O–H groups in total. The van der Waals surface area contributed by atoms with E-state index in [-0.39, 0.29) is 17.6 Å². The van der Waals surface area contributed by atoms with Gasteiger partial charge in [0.1, 0.15) is 5.66 Å². The summed E-state index contributed by atoms with van der Waals surface area (Å²) in [5, 5.41) is 0. The zero-order chi connectivity index (χ0) is 19.2. The molecule has 1 aromatic carbocycles. The summed E-state index contributed by atoms with van der Waals surface area (Å²) in [5.74, 6) is -5.09. The van der Waals surface area contributed by atoms with Gasteiger partial charge in [0.2, 0.25) is 11.9 Å². The van der Waals surface area contributed by atoms with E-state index in [0.717, 1.165) is 37.5 Å². The smallest absolute Gasteiger partial charge is 0.369 e. The fraction of sp³-hybridized carbons (Fsp3) is 0.500. The standard InChI is InChI=1S/C16H18F5N5/c17-15(18,16(19,20)21)10-5-4-6-11(9-10)26-13(23)24-12(22)25-14(26)7-2-1-3-8-14/h4-6,9H,1-3,7-8H2,(H4,22,23,24,25). The highest BCUT2D eigenvalue weighted by Gasteiger charge is 2.59. The predicted octanol–water partition coefficient (Wildman–Crippen LogP) is 3.45. The summed E-state index contributed by atoms with van der Waals surface area (Å²) in [4.78, 5) is 9.65. The third kappa shape index (κ3) is 2.97. The lowest BCUT2D eigenvalue weighted by Crippen LogP contribution is -2.58. The minimum absolute atomic E-state index is 0.0302. The van der Waals surface area contributed by atoms with Gasteiger partial charge < -0.3 is 11.5 Å². The maximum Gasteiger partial charge on any atom is 0.458 e. The number of rotatable bonds is 2. The quantitative estimate of drug-likeness (QED) is 0.777. The number of nitrogens with two attached hydrogens (primary N) is 2. The van der Waals surface area contributed by atoms with Crippen LogP contribution in [-0.4, -0.2) is 23.8 Å². The largest absolute Gasteiger partial charge is 0.458 e. The number of alkyl halides is 5. The van der Waals surface area contributed by atoms with Crippen LogP contribution < -0.4 is 16.4 Å². The Labute approximate surface area is 146 Å². The van der Waals surface area contributed by atoms with Crippen LogP contribution in [0.25, 0.3) is 0 Å². The number of anilines is 1. The first kappa shape index (κ1) is 18.4. The summed E-state index contributed by atoms with van der Waals surface area (Å²) in [7, 11) is 0. The molecule has 1 aliphatic carbocycles. The Bertz CT molecular complexity index is 750. The molecule has 1 spiro atoms. The molecule has 2 aliphatic rings. The lowest BCUT2D eigenvalue weighted by molar-refractivity contribution is -0.289. The molecule has 0 aromatic heterocycles. The zero-order valence-corrected chi connectivity index (χ0v) is 13.7. The lowest BCUT2D eigenvalue weighted by Gasteiger charge is -2.45. The van der Waals surface area contributed by atoms with Crippen LogP contribution in [0.1, 0.15) is 37.7 Å². The molecule has 3 rings (SSSR count). The van der Waals surface area contributed by atoms with Crippen LogP contribution in [0.5, 0.6) is 0 Å². The zero-order valence-electron chi connectivity index (χ0n) is 13.7. The third-order valence-corrected chi connectivity index (χ3v) is 4.67. The number of halogens is 5. The molecule has 1 heterocycles. The fourth-order valence-electron chi connectivity index (χ4n) is 3.50. The van der Waals surface area contributed by atoms with E-state index in [1.165, 1.54) is 11.0 Å². The second-order valence-corrected chi connectivity index (χ2v) is 6.44. The van der Waals surface area contributed by atoms with E-state index in [4.69, 9.17) is 11.5 Å². The van der Waals surface area contributed by atoms with Crippen LogP contribution in [0.15, 0.2) is 34.3 Å². The highest BCUT2D eigenvalue weighted by Crippen LogP contribution is 2.46. The topological polar surface area (TPSA) is 80.0 Å². The molecular weight excluding hydrogens is 357 g/mol. The average Bonchev–Trinajstić information content (AvgIpc) is 2.54. The minimum Gasteiger partial charge on any atom is -0.369 e. The van der Waals surface area contributed by atoms with Gasteiger partial charge in [0.05, 0.1) is 0 Å². The van der Waals surface area contributed by atoms with Crippen LogP contribution in [-0.2, 0) is 5.92 Å². The van der Waals surface area contributed by atoms with Gasteiger partial charge in [-0.05, 0) is 37.8 Å². The Morgan fingerprint density at radius 1 is 1.00 bits per heavy atom. The Kier molecular flexibility index (Phi) is 4.32. The molecule has 1 saturated carbocycles. The van der Waals surface area contributed by atoms with E-state index in [0.29, 0.717) is 12.8 Å². The van der Waals surface area contributed by atoms with Gasteiger partial charge in [0.15, 0.2) is 0 Å². The summed E-state index contributed by atoms with van der Waals surface area (Å²) >= 11 is 0. The first-order valence-electron chi connectivity index (χ1n) is 8.12. The van der Waals surface area contributed by atoms with Gasteiger partial charge in [-0.25, -0.2) is 4.99 Å². The molecule has 10 heteroatoms. The van der Waals surface area contributed by atoms with Crippen molar-refractivity contribution in [3.63, 3.8) is 0 Å². The van der Waals surface area contributed by atoms with Crippen molar-refractivity contribution in [2.75, 3.05) is 4.90 Å². The first-order chi connectivity index (χ1) is 12.1. The summed E-state index contributed by atoms with van der Waals surface area (Å²) in [5.41, 5.74) is 9.67. The molecule has 142 valence electrons. The molecule has 0 unspecified atom stereocenters. The van der Waals surface area contributed by atoms with E-state index in [9.17, 15) is 22.0 Å². The summed E-state index contributed by atoms with van der Waals surface area (Å²) in [6.45, 7) is 0. The van der Waals surface area contributed by atoms with Crippen LogP contribution in [0.3, 0.4) is 0 Å². The van der Waals surface area contributed by atoms with Crippen molar-refractivity contribution in [3.8, 4) is 0 Å². The Hall–Kier alpha value is -2.39. The number of hydrogen-bond acceptors (Lipinski definition) is 5. The molecule has 0 amide bonds. The van der Waals surface area contributed by atoms with Crippen LogP contribution in [0, 0.1) is 0 Å². The highest BCUT2D eigenvalue weighted by atomic mass is 19.4. The van der Waals surface area contributed by atoms with Gasteiger partial charge in [-0.1, -0.05) is 18.6 Å². The van der Waals surface area contributed by atoms with Crippen LogP contribution in [0.4, 0.5) is 27.6 Å². The Morgan fingerprint density at radius 2 is 1.65 bits per heavy atom. The normalized spacial score (nSPS) is 20.7. The van der Waals surface area contributed by atoms with Gasteiger partial charge in [0, 0.05) is 11.3 Å². The SMILES string of the molecule is NC1=NC2(CCCCC2)N(c2cccc(C(F)(F)C(F)(F)F)c2)C(N)=N1. The van der Waals surface area contributed by atoms with E-state index in [1.807, 2.05) is 0 Å². The maximum absolute atomic E-state index is 13.8. The molecule has 0 atom stereocenters. The van der Waals surface area contributed by atoms with Crippen molar-refractivity contribution in [2.24, 2.45) is 21.5 Å². The summed E-state index contributed by atoms with van der Waals surface area (Å²) in [6, 6.07) is 4.06. The Balaban J connectivity index is 2.07. The highest BCUT2D eigenvalue weighted by molar-refractivity contribution is 6.05. The molecule has 5 nitrogen and oxygen atoms in total. The van der Waals surface area contributed by atoms with E-state index >= 15 is 0 Å². The molecule has 0 bridgehead atoms. The second-order valence-electron chi connectivity index (χ2n) is 6.44. The van der Waals surface area contributed by atoms with E-state index in [2.05, 4.69) is 9.98 Å². The van der Waals surface area contributed by atoms with Crippen LogP contribution >= 0.6 is 0 Å². The first-order valence-corrected chi connectivity index (χ1v) is 8.12. The lowest BCUT2D eigenvalue weighted by atomic mass is 9.87. The van der Waals surface area contributed by atoms with Gasteiger partial charge in [-0.3, -0.25) is 4.90 Å². The second kappa shape index (κ2) is 6.10. The third-order valence-electron chi connectivity index (χ3n) is 4.67. The number of guanidine groups is 2. The molecule has 0 saturated heterocycles. The van der Waals surface area contributed by atoms with E-state index in [1.54, 1.807) is 0 Å². The fourth-order valence-corrected chi connectivity index (χ4v) is 3.50. The van der Waals surface area contributed by atoms with Gasteiger partial charge >= 0.3 is 12.1 Å². The Morgan fingerprint density at radius 3 is 2.27 bits per heavy atom. The van der Waals surface area contributed by atoms with Crippen molar-refractivity contribution < 1.29 is 22.0 Å².